The molecule has 2 saturated heterocycles. The molecule has 3 fully saturated rings. The molecule has 11 heteroatoms. The Hall–Kier alpha value is -4.26. The van der Waals surface area contributed by atoms with Crippen molar-refractivity contribution >= 4 is 22.4 Å². The van der Waals surface area contributed by atoms with Crippen LogP contribution in [0.25, 0.3) is 10.8 Å². The lowest BCUT2D eigenvalue weighted by Crippen LogP contribution is -2.69. The van der Waals surface area contributed by atoms with E-state index in [1.165, 1.54) is 0 Å². The topological polar surface area (TPSA) is 122 Å². The number of rotatable bonds is 19. The Labute approximate surface area is 348 Å². The zero-order chi connectivity index (χ0) is 40.8. The molecule has 3 heterocycles. The highest BCUT2D eigenvalue weighted by atomic mass is 16.8. The Bertz CT molecular complexity index is 1990. The molecule has 3 aromatic rings. The fraction of sp³-hybridized carbons (Fsp3) is 0.542. The van der Waals surface area contributed by atoms with Gasteiger partial charge in [-0.3, -0.25) is 9.69 Å². The molecule has 0 aromatic heterocycles. The second kappa shape index (κ2) is 19.0. The Morgan fingerprint density at radius 3 is 2.59 bits per heavy atom. The number of hydrogen-bond acceptors (Lipinski definition) is 10. The summed E-state index contributed by atoms with van der Waals surface area (Å²) in [4.78, 5) is 25.2. The van der Waals surface area contributed by atoms with Crippen molar-refractivity contribution in [2.45, 2.75) is 88.2 Å². The van der Waals surface area contributed by atoms with Crippen LogP contribution in [0.5, 0.6) is 11.5 Å². The summed E-state index contributed by atoms with van der Waals surface area (Å²) in [5.74, 6) is -0.234. The summed E-state index contributed by atoms with van der Waals surface area (Å²) in [6, 6.07) is 19.4. The molecule has 316 valence electrons. The number of amides is 1. The number of carbonyl (C=O) groups is 1. The van der Waals surface area contributed by atoms with Crippen molar-refractivity contribution in [2.75, 3.05) is 59.7 Å². The number of benzene rings is 3. The van der Waals surface area contributed by atoms with E-state index in [4.69, 9.17) is 28.9 Å². The first-order chi connectivity index (χ1) is 28.9. The van der Waals surface area contributed by atoms with Crippen LogP contribution in [0.2, 0.25) is 0 Å². The lowest BCUT2D eigenvalue weighted by Gasteiger charge is -2.59. The van der Waals surface area contributed by atoms with Gasteiger partial charge in [-0.25, -0.2) is 0 Å². The quantitative estimate of drug-likeness (QED) is 0.0550. The van der Waals surface area contributed by atoms with Gasteiger partial charge in [0.15, 0.2) is 0 Å². The minimum atomic E-state index is -1.33. The van der Waals surface area contributed by atoms with Crippen molar-refractivity contribution in [3.8, 4) is 11.5 Å². The summed E-state index contributed by atoms with van der Waals surface area (Å²) in [6.07, 6.45) is 11.6. The molecule has 0 radical (unpaired) electrons. The first-order valence-corrected chi connectivity index (χ1v) is 21.9. The lowest BCUT2D eigenvalue weighted by atomic mass is 9.55. The van der Waals surface area contributed by atoms with Gasteiger partial charge in [-0.1, -0.05) is 60.5 Å². The fourth-order valence-electron chi connectivity index (χ4n) is 9.99. The van der Waals surface area contributed by atoms with Crippen molar-refractivity contribution in [3.63, 3.8) is 0 Å². The zero-order valence-electron chi connectivity index (χ0n) is 34.5. The molecule has 7 atom stereocenters. The Morgan fingerprint density at radius 2 is 1.83 bits per heavy atom. The van der Waals surface area contributed by atoms with E-state index in [-0.39, 0.29) is 43.5 Å². The molecule has 1 saturated carbocycles. The van der Waals surface area contributed by atoms with Crippen LogP contribution in [0.15, 0.2) is 90.1 Å². The van der Waals surface area contributed by atoms with Crippen molar-refractivity contribution in [1.29, 1.82) is 0 Å². The van der Waals surface area contributed by atoms with Crippen molar-refractivity contribution < 1.29 is 38.8 Å². The monoisotopic (exact) mass is 807 g/mol. The summed E-state index contributed by atoms with van der Waals surface area (Å²) >= 11 is 0. The van der Waals surface area contributed by atoms with Gasteiger partial charge in [0.2, 0.25) is 12.1 Å². The molecule has 5 aliphatic rings. The van der Waals surface area contributed by atoms with Gasteiger partial charge >= 0.3 is 0 Å². The third-order valence-electron chi connectivity index (χ3n) is 13.1. The first-order valence-electron chi connectivity index (χ1n) is 21.9. The molecule has 11 nitrogen and oxygen atoms in total. The van der Waals surface area contributed by atoms with Gasteiger partial charge in [0.05, 0.1) is 24.8 Å². The molecule has 59 heavy (non-hydrogen) atoms. The van der Waals surface area contributed by atoms with Crippen LogP contribution in [-0.2, 0) is 14.3 Å². The summed E-state index contributed by atoms with van der Waals surface area (Å²) in [7, 11) is 1.85. The van der Waals surface area contributed by atoms with E-state index in [1.54, 1.807) is 11.0 Å². The van der Waals surface area contributed by atoms with Gasteiger partial charge < -0.3 is 38.9 Å². The molecule has 2 aliphatic carbocycles. The lowest BCUT2D eigenvalue weighted by molar-refractivity contribution is -0.252. The van der Waals surface area contributed by atoms with E-state index in [0.717, 1.165) is 98.0 Å². The SMILES string of the molecule is C=CCO[C@@]12Oc3ccc(OCCN4CC4)cc3[C@H]3[C@H](CCCCO)[C@@H](CCCCO)C=C(C(=NOC4CCCCO4)C[C@@H]1N(C)C(=O)c1ccc4ccccc4c1)[C@H]32. The second-order valence-electron chi connectivity index (χ2n) is 16.8. The van der Waals surface area contributed by atoms with Crippen molar-refractivity contribution in [3.05, 3.63) is 96.1 Å². The highest BCUT2D eigenvalue weighted by molar-refractivity contribution is 6.04. The third-order valence-corrected chi connectivity index (χ3v) is 13.1. The zero-order valence-corrected chi connectivity index (χ0v) is 34.5. The van der Waals surface area contributed by atoms with Crippen LogP contribution >= 0.6 is 0 Å². The molecule has 1 amide bonds. The van der Waals surface area contributed by atoms with Gasteiger partial charge in [-0.2, -0.15) is 0 Å². The van der Waals surface area contributed by atoms with Crippen LogP contribution in [0.1, 0.15) is 86.0 Å². The second-order valence-corrected chi connectivity index (χ2v) is 16.8. The maximum atomic E-state index is 14.8. The Morgan fingerprint density at radius 1 is 1.02 bits per heavy atom. The minimum absolute atomic E-state index is 0.124. The number of likely N-dealkylation sites (N-methyl/N-ethyl adjacent to an activating group) is 1. The van der Waals surface area contributed by atoms with E-state index in [2.05, 4.69) is 23.6 Å². The van der Waals surface area contributed by atoms with Gasteiger partial charge in [0, 0.05) is 69.8 Å². The van der Waals surface area contributed by atoms with Gasteiger partial charge in [0.1, 0.15) is 24.1 Å². The van der Waals surface area contributed by atoms with E-state index >= 15 is 0 Å². The smallest absolute Gasteiger partial charge is 0.254 e. The predicted octanol–water partition coefficient (Wildman–Crippen LogP) is 7.47. The third kappa shape index (κ3) is 8.96. The van der Waals surface area contributed by atoms with E-state index < -0.39 is 24.0 Å². The molecule has 1 unspecified atom stereocenters. The average Bonchev–Trinajstić information content (AvgIpc) is 4.10. The number of fused-ring (bicyclic) bond motifs is 3. The number of unbranched alkanes of at least 4 members (excludes halogenated alkanes) is 2. The normalized spacial score (nSPS) is 27.9. The number of nitrogens with zero attached hydrogens (tertiary/aromatic N) is 3. The van der Waals surface area contributed by atoms with E-state index in [0.29, 0.717) is 43.8 Å². The van der Waals surface area contributed by atoms with Gasteiger partial charge in [-0.15, -0.1) is 6.58 Å². The number of hydrogen-bond donors (Lipinski definition) is 2. The minimum Gasteiger partial charge on any atom is -0.492 e. The highest BCUT2D eigenvalue weighted by Gasteiger charge is 2.65. The van der Waals surface area contributed by atoms with Crippen molar-refractivity contribution in [1.82, 2.24) is 9.80 Å². The van der Waals surface area contributed by atoms with Crippen molar-refractivity contribution in [2.24, 2.45) is 22.9 Å². The number of oxime groups is 1. The molecule has 0 spiro atoms. The molecular formula is C48H61N3O8. The molecule has 0 bridgehead atoms. The molecular weight excluding hydrogens is 747 g/mol. The first kappa shape index (κ1) is 41.5. The maximum Gasteiger partial charge on any atom is 0.254 e. The van der Waals surface area contributed by atoms with Crippen LogP contribution in [-0.4, -0.2) is 109 Å². The summed E-state index contributed by atoms with van der Waals surface area (Å²) in [6.45, 7) is 8.84. The Kier molecular flexibility index (Phi) is 13.3. The van der Waals surface area contributed by atoms with Gasteiger partial charge in [-0.05, 0) is 97.0 Å². The molecule has 8 rings (SSSR count). The summed E-state index contributed by atoms with van der Waals surface area (Å²) in [5, 5.41) is 26.8. The number of aliphatic hydroxyl groups excluding tert-OH is 2. The van der Waals surface area contributed by atoms with E-state index in [1.807, 2.05) is 61.6 Å². The molecule has 3 aliphatic heterocycles. The average molecular weight is 808 g/mol. The standard InChI is InChI=1S/C48H61N3O8/c1-3-26-57-48-43(50(2)47(54)36-18-17-33-12-4-5-13-34(33)29-36)32-41(49-59-44-16-8-11-27-56-44)39-30-35(14-6-9-24-52)38(15-7-10-25-53)45(46(39)48)40-31-37(19-20-42(40)58-48)55-28-23-51-21-22-51/h3-5,12-13,17-20,29-31,35,38,43-46,52-53H,1,6-11,14-16,21-28,32H2,2H3/t35-,38+,43-,44?,45+,46+,48+/m0/s1. The number of allylic oxidation sites excluding steroid dienone is 1. The molecule has 2 N–H and O–H groups in total. The van der Waals surface area contributed by atoms with Crippen LogP contribution < -0.4 is 9.47 Å². The summed E-state index contributed by atoms with van der Waals surface area (Å²) < 4.78 is 26.8. The van der Waals surface area contributed by atoms with Crippen LogP contribution in [0, 0.1) is 17.8 Å². The number of carbonyl (C=O) groups excluding carboxylic acids is 1. The maximum absolute atomic E-state index is 14.8. The van der Waals surface area contributed by atoms with Crippen LogP contribution in [0.4, 0.5) is 0 Å². The summed E-state index contributed by atoms with van der Waals surface area (Å²) in [5.41, 5.74) is 3.38. The van der Waals surface area contributed by atoms with Gasteiger partial charge in [0.25, 0.3) is 5.91 Å². The highest BCUT2D eigenvalue weighted by Crippen LogP contribution is 2.62. The predicted molar refractivity (Wildman–Crippen MR) is 228 cm³/mol. The number of aliphatic hydroxyl groups is 2. The largest absolute Gasteiger partial charge is 0.492 e. The molecule has 3 aromatic carbocycles. The number of ether oxygens (including phenoxy) is 4. The van der Waals surface area contributed by atoms with Crippen LogP contribution in [0.3, 0.4) is 0 Å². The Balaban J connectivity index is 1.28. The fourth-order valence-corrected chi connectivity index (χ4v) is 9.99. The van der Waals surface area contributed by atoms with E-state index in [9.17, 15) is 15.0 Å².